The molecule has 1 rings (SSSR count). The van der Waals surface area contributed by atoms with E-state index in [1.54, 1.807) is 6.07 Å². The summed E-state index contributed by atoms with van der Waals surface area (Å²) in [4.78, 5) is 3.57. The highest BCUT2D eigenvalue weighted by atomic mass is 35.5. The average molecular weight is 211 g/mol. The van der Waals surface area contributed by atoms with Crippen molar-refractivity contribution in [3.63, 3.8) is 0 Å². The Balaban J connectivity index is 0.00000144. The molecular formula is C7H9ClF2N2O. The molecule has 1 aromatic heterocycles. The van der Waals surface area contributed by atoms with Gasteiger partial charge in [0.25, 0.3) is 0 Å². The largest absolute Gasteiger partial charge is 0.417 e. The standard InChI is InChI=1S/C7H8F2N2O.ClH/c8-7(9)12-6-3-5(4-10)1-2-11-6;/h1-3,7H,4,10H2;1H. The topological polar surface area (TPSA) is 48.1 Å². The van der Waals surface area contributed by atoms with E-state index in [4.69, 9.17) is 5.73 Å². The van der Waals surface area contributed by atoms with Crippen molar-refractivity contribution in [1.29, 1.82) is 0 Å². The first-order chi connectivity index (χ1) is 5.72. The summed E-state index contributed by atoms with van der Waals surface area (Å²) in [6.07, 6.45) is 1.37. The lowest BCUT2D eigenvalue weighted by Crippen LogP contribution is -2.04. The van der Waals surface area contributed by atoms with Gasteiger partial charge in [0, 0.05) is 18.8 Å². The average Bonchev–Trinajstić information content (AvgIpc) is 2.03. The van der Waals surface area contributed by atoms with E-state index in [0.717, 1.165) is 0 Å². The van der Waals surface area contributed by atoms with Gasteiger partial charge in [-0.1, -0.05) is 0 Å². The molecule has 0 bridgehead atoms. The second-order valence-corrected chi connectivity index (χ2v) is 2.08. The van der Waals surface area contributed by atoms with E-state index in [2.05, 4.69) is 9.72 Å². The molecule has 0 unspecified atom stereocenters. The molecule has 0 fully saturated rings. The molecule has 0 saturated carbocycles. The van der Waals surface area contributed by atoms with Crippen LogP contribution in [0.1, 0.15) is 5.56 Å². The van der Waals surface area contributed by atoms with Crippen LogP contribution in [0.15, 0.2) is 18.3 Å². The van der Waals surface area contributed by atoms with Crippen LogP contribution in [0.5, 0.6) is 5.88 Å². The molecule has 0 aromatic carbocycles. The summed E-state index contributed by atoms with van der Waals surface area (Å²) in [5, 5.41) is 0. The lowest BCUT2D eigenvalue weighted by Gasteiger charge is -2.03. The summed E-state index contributed by atoms with van der Waals surface area (Å²) >= 11 is 0. The van der Waals surface area contributed by atoms with Crippen LogP contribution in [-0.4, -0.2) is 11.6 Å². The molecule has 6 heteroatoms. The number of nitrogens with zero attached hydrogens (tertiary/aromatic N) is 1. The molecular weight excluding hydrogens is 202 g/mol. The molecule has 1 aromatic rings. The van der Waals surface area contributed by atoms with Gasteiger partial charge in [-0.05, 0) is 11.6 Å². The third-order valence-electron chi connectivity index (χ3n) is 1.24. The summed E-state index contributed by atoms with van der Waals surface area (Å²) in [5.41, 5.74) is 5.99. The van der Waals surface area contributed by atoms with Crippen molar-refractivity contribution in [3.8, 4) is 5.88 Å². The molecule has 13 heavy (non-hydrogen) atoms. The van der Waals surface area contributed by atoms with Crippen molar-refractivity contribution in [2.24, 2.45) is 5.73 Å². The smallest absolute Gasteiger partial charge is 0.388 e. The molecule has 2 N–H and O–H groups in total. The maximum absolute atomic E-state index is 11.7. The van der Waals surface area contributed by atoms with E-state index in [-0.39, 0.29) is 24.8 Å². The number of pyridine rings is 1. The molecule has 0 aliphatic rings. The molecule has 0 spiro atoms. The monoisotopic (exact) mass is 210 g/mol. The predicted molar refractivity (Wildman–Crippen MR) is 46.0 cm³/mol. The van der Waals surface area contributed by atoms with E-state index in [1.807, 2.05) is 0 Å². The van der Waals surface area contributed by atoms with Crippen LogP contribution >= 0.6 is 12.4 Å². The maximum atomic E-state index is 11.7. The zero-order valence-electron chi connectivity index (χ0n) is 6.61. The molecule has 0 radical (unpaired) electrons. The van der Waals surface area contributed by atoms with E-state index in [0.29, 0.717) is 5.56 Å². The molecule has 0 saturated heterocycles. The summed E-state index contributed by atoms with van der Waals surface area (Å²) in [6, 6.07) is 3.02. The Kier molecular flexibility index (Phi) is 5.25. The van der Waals surface area contributed by atoms with E-state index < -0.39 is 6.61 Å². The number of halogens is 3. The molecule has 0 atom stereocenters. The fraction of sp³-hybridized carbons (Fsp3) is 0.286. The fourth-order valence-corrected chi connectivity index (χ4v) is 0.733. The number of alkyl halides is 2. The second kappa shape index (κ2) is 5.66. The van der Waals surface area contributed by atoms with Crippen LogP contribution in [0.4, 0.5) is 8.78 Å². The minimum Gasteiger partial charge on any atom is -0.417 e. The van der Waals surface area contributed by atoms with Gasteiger partial charge in [0.2, 0.25) is 5.88 Å². The molecule has 0 aliphatic carbocycles. The van der Waals surface area contributed by atoms with Crippen molar-refractivity contribution in [2.75, 3.05) is 0 Å². The molecule has 0 amide bonds. The van der Waals surface area contributed by atoms with Gasteiger partial charge < -0.3 is 10.5 Å². The summed E-state index contributed by atoms with van der Waals surface area (Å²) in [6.45, 7) is -2.56. The Bertz CT molecular complexity index is 260. The predicted octanol–water partition coefficient (Wildman–Crippen LogP) is 1.56. The Morgan fingerprint density at radius 1 is 1.54 bits per heavy atom. The normalized spacial score (nSPS) is 9.54. The van der Waals surface area contributed by atoms with Crippen molar-refractivity contribution in [3.05, 3.63) is 23.9 Å². The Labute approximate surface area is 80.3 Å². The summed E-state index contributed by atoms with van der Waals surface area (Å²) in [5.74, 6) is -0.104. The van der Waals surface area contributed by atoms with Crippen molar-refractivity contribution >= 4 is 12.4 Å². The van der Waals surface area contributed by atoms with Crippen LogP contribution in [0, 0.1) is 0 Å². The van der Waals surface area contributed by atoms with Gasteiger partial charge in [0.1, 0.15) is 0 Å². The lowest BCUT2D eigenvalue weighted by molar-refractivity contribution is -0.0528. The minimum atomic E-state index is -2.84. The SMILES string of the molecule is Cl.NCc1ccnc(OC(F)F)c1. The van der Waals surface area contributed by atoms with Gasteiger partial charge in [0.05, 0.1) is 0 Å². The van der Waals surface area contributed by atoms with Gasteiger partial charge >= 0.3 is 6.61 Å². The summed E-state index contributed by atoms with van der Waals surface area (Å²) in [7, 11) is 0. The molecule has 3 nitrogen and oxygen atoms in total. The number of rotatable bonds is 3. The first kappa shape index (κ1) is 12.1. The minimum absolute atomic E-state index is 0. The fourth-order valence-electron chi connectivity index (χ4n) is 0.733. The number of nitrogens with two attached hydrogens (primary N) is 1. The van der Waals surface area contributed by atoms with Crippen molar-refractivity contribution in [1.82, 2.24) is 4.98 Å². The molecule has 1 heterocycles. The van der Waals surface area contributed by atoms with Gasteiger partial charge in [0.15, 0.2) is 0 Å². The Morgan fingerprint density at radius 2 is 2.23 bits per heavy atom. The van der Waals surface area contributed by atoms with Crippen molar-refractivity contribution < 1.29 is 13.5 Å². The van der Waals surface area contributed by atoms with Crippen LogP contribution in [0.3, 0.4) is 0 Å². The second-order valence-electron chi connectivity index (χ2n) is 2.08. The third-order valence-corrected chi connectivity index (χ3v) is 1.24. The van der Waals surface area contributed by atoms with Gasteiger partial charge in [-0.2, -0.15) is 8.78 Å². The number of aromatic nitrogens is 1. The first-order valence-corrected chi connectivity index (χ1v) is 3.32. The van der Waals surface area contributed by atoms with E-state index >= 15 is 0 Å². The van der Waals surface area contributed by atoms with Gasteiger partial charge in [-0.25, -0.2) is 4.98 Å². The van der Waals surface area contributed by atoms with Crippen LogP contribution in [0.2, 0.25) is 0 Å². The molecule has 0 aliphatic heterocycles. The lowest BCUT2D eigenvalue weighted by atomic mass is 10.3. The van der Waals surface area contributed by atoms with Crippen molar-refractivity contribution in [2.45, 2.75) is 13.2 Å². The van der Waals surface area contributed by atoms with Crippen LogP contribution in [-0.2, 0) is 6.54 Å². The number of hydrogen-bond acceptors (Lipinski definition) is 3. The zero-order chi connectivity index (χ0) is 8.97. The Morgan fingerprint density at radius 3 is 2.77 bits per heavy atom. The number of hydrogen-bond donors (Lipinski definition) is 1. The first-order valence-electron chi connectivity index (χ1n) is 3.32. The Hall–Kier alpha value is -0.940. The zero-order valence-corrected chi connectivity index (χ0v) is 7.43. The maximum Gasteiger partial charge on any atom is 0.388 e. The summed E-state index contributed by atoms with van der Waals surface area (Å²) < 4.78 is 27.4. The van der Waals surface area contributed by atoms with E-state index in [9.17, 15) is 8.78 Å². The molecule has 74 valence electrons. The number of ether oxygens (including phenoxy) is 1. The van der Waals surface area contributed by atoms with Gasteiger partial charge in [-0.3, -0.25) is 0 Å². The van der Waals surface area contributed by atoms with Gasteiger partial charge in [-0.15, -0.1) is 12.4 Å². The third kappa shape index (κ3) is 4.00. The van der Waals surface area contributed by atoms with Crippen LogP contribution in [0.25, 0.3) is 0 Å². The quantitative estimate of drug-likeness (QED) is 0.824. The highest BCUT2D eigenvalue weighted by Crippen LogP contribution is 2.11. The highest BCUT2D eigenvalue weighted by Gasteiger charge is 2.04. The van der Waals surface area contributed by atoms with Crippen LogP contribution < -0.4 is 10.5 Å². The highest BCUT2D eigenvalue weighted by molar-refractivity contribution is 5.85. The van der Waals surface area contributed by atoms with E-state index in [1.165, 1.54) is 12.3 Å².